The number of hydrogen-bond donors (Lipinski definition) is 2. The molecule has 2 N–H and O–H groups in total. The average Bonchev–Trinajstić information content (AvgIpc) is 1.73. The van der Waals surface area contributed by atoms with Gasteiger partial charge >= 0.3 is 0 Å². The summed E-state index contributed by atoms with van der Waals surface area (Å²) in [6, 6.07) is 0. The second-order valence-corrected chi connectivity index (χ2v) is 7.07. The third-order valence-corrected chi connectivity index (χ3v) is 2.24. The Morgan fingerprint density at radius 3 is 1.20 bits per heavy atom. The maximum Gasteiger partial charge on any atom is 0.0569 e. The van der Waals surface area contributed by atoms with E-state index in [1.165, 1.54) is 0 Å². The molecule has 0 saturated heterocycles. The van der Waals surface area contributed by atoms with E-state index >= 15 is 0 Å². The van der Waals surface area contributed by atoms with Crippen LogP contribution in [-0.4, -0.2) is 22.4 Å². The third kappa shape index (κ3) is 10.2. The molecule has 0 aromatic rings. The van der Waals surface area contributed by atoms with Gasteiger partial charge in [0.2, 0.25) is 0 Å². The second kappa shape index (κ2) is 5.31. The Kier molecular flexibility index (Phi) is 5.28. The average molecular weight is 216 g/mol. The maximum atomic E-state index is 9.79. The molecular formula is C13H28O2. The smallest absolute Gasteiger partial charge is 0.0569 e. The minimum absolute atomic E-state index is 0.126. The fraction of sp³-hybridized carbons (Fsp3) is 1.00. The summed E-state index contributed by atoms with van der Waals surface area (Å²) in [6.07, 6.45) is 1.21. The Labute approximate surface area is 94.7 Å². The van der Waals surface area contributed by atoms with Gasteiger partial charge in [-0.15, -0.1) is 0 Å². The number of aliphatic hydroxyl groups excluding tert-OH is 2. The van der Waals surface area contributed by atoms with E-state index in [0.29, 0.717) is 6.42 Å². The van der Waals surface area contributed by atoms with Gasteiger partial charge in [-0.05, 0) is 30.1 Å². The summed E-state index contributed by atoms with van der Waals surface area (Å²) in [5, 5.41) is 19.6. The summed E-state index contributed by atoms with van der Waals surface area (Å²) in [6.45, 7) is 12.6. The van der Waals surface area contributed by atoms with E-state index in [0.717, 1.165) is 12.8 Å². The van der Waals surface area contributed by atoms with Gasteiger partial charge in [-0.25, -0.2) is 0 Å². The number of rotatable bonds is 4. The minimum atomic E-state index is -0.387. The molecule has 0 unspecified atom stereocenters. The van der Waals surface area contributed by atoms with Gasteiger partial charge < -0.3 is 10.2 Å². The van der Waals surface area contributed by atoms with E-state index in [2.05, 4.69) is 41.5 Å². The molecule has 0 aromatic heterocycles. The highest BCUT2D eigenvalue weighted by atomic mass is 16.3. The summed E-state index contributed by atoms with van der Waals surface area (Å²) in [5.41, 5.74) is 0.252. The van der Waals surface area contributed by atoms with E-state index in [1.54, 1.807) is 0 Å². The molecule has 2 nitrogen and oxygen atoms in total. The molecular weight excluding hydrogens is 188 g/mol. The lowest BCUT2D eigenvalue weighted by molar-refractivity contribution is 0.0372. The lowest BCUT2D eigenvalue weighted by atomic mass is 9.84. The van der Waals surface area contributed by atoms with E-state index in [1.807, 2.05) is 0 Å². The van der Waals surface area contributed by atoms with Crippen LogP contribution in [-0.2, 0) is 0 Å². The molecule has 2 atom stereocenters. The topological polar surface area (TPSA) is 40.5 Å². The molecule has 0 saturated carbocycles. The zero-order valence-corrected chi connectivity index (χ0v) is 11.2. The monoisotopic (exact) mass is 216 g/mol. The van der Waals surface area contributed by atoms with Crippen molar-refractivity contribution >= 4 is 0 Å². The van der Waals surface area contributed by atoms with Crippen molar-refractivity contribution in [2.24, 2.45) is 10.8 Å². The van der Waals surface area contributed by atoms with Crippen molar-refractivity contribution < 1.29 is 10.2 Å². The predicted octanol–water partition coefficient (Wildman–Crippen LogP) is 2.97. The van der Waals surface area contributed by atoms with E-state index in [4.69, 9.17) is 0 Å². The van der Waals surface area contributed by atoms with Crippen LogP contribution in [0.4, 0.5) is 0 Å². The molecule has 2 heteroatoms. The Morgan fingerprint density at radius 1 is 0.733 bits per heavy atom. The molecule has 0 fully saturated rings. The summed E-state index contributed by atoms with van der Waals surface area (Å²) in [4.78, 5) is 0. The van der Waals surface area contributed by atoms with E-state index in [-0.39, 0.29) is 23.0 Å². The summed E-state index contributed by atoms with van der Waals surface area (Å²) in [5.74, 6) is 0. The molecule has 0 aliphatic carbocycles. The van der Waals surface area contributed by atoms with Gasteiger partial charge in [0.05, 0.1) is 12.2 Å². The number of aliphatic hydroxyl groups is 2. The first-order valence-corrected chi connectivity index (χ1v) is 5.86. The number of hydrogen-bond acceptors (Lipinski definition) is 2. The van der Waals surface area contributed by atoms with Crippen molar-refractivity contribution in [2.75, 3.05) is 0 Å². The van der Waals surface area contributed by atoms with Crippen molar-refractivity contribution in [1.29, 1.82) is 0 Å². The first kappa shape index (κ1) is 14.9. The molecule has 15 heavy (non-hydrogen) atoms. The molecule has 0 rings (SSSR count). The Hall–Kier alpha value is -0.0800. The van der Waals surface area contributed by atoms with Crippen LogP contribution >= 0.6 is 0 Å². The predicted molar refractivity (Wildman–Crippen MR) is 64.8 cm³/mol. The largest absolute Gasteiger partial charge is 0.393 e. The fourth-order valence-corrected chi connectivity index (χ4v) is 1.89. The lowest BCUT2D eigenvalue weighted by Gasteiger charge is -2.27. The van der Waals surface area contributed by atoms with E-state index < -0.39 is 0 Å². The van der Waals surface area contributed by atoms with Crippen LogP contribution in [0, 0.1) is 10.8 Å². The van der Waals surface area contributed by atoms with Gasteiger partial charge in [0.15, 0.2) is 0 Å². The molecule has 0 amide bonds. The van der Waals surface area contributed by atoms with Crippen LogP contribution in [0.1, 0.15) is 60.8 Å². The minimum Gasteiger partial charge on any atom is -0.393 e. The van der Waals surface area contributed by atoms with Crippen LogP contribution in [0.25, 0.3) is 0 Å². The van der Waals surface area contributed by atoms with Gasteiger partial charge in [0.25, 0.3) is 0 Å². The van der Waals surface area contributed by atoms with Crippen molar-refractivity contribution in [3.8, 4) is 0 Å². The second-order valence-electron chi connectivity index (χ2n) is 7.07. The van der Waals surface area contributed by atoms with Crippen molar-refractivity contribution in [1.82, 2.24) is 0 Å². The van der Waals surface area contributed by atoms with Gasteiger partial charge in [-0.3, -0.25) is 0 Å². The first-order valence-electron chi connectivity index (χ1n) is 5.86. The summed E-state index contributed by atoms with van der Waals surface area (Å²) >= 11 is 0. The normalized spacial score (nSPS) is 17.6. The standard InChI is InChI=1S/C13H28O2/c1-12(2,3)8-10(14)7-11(15)9-13(4,5)6/h10-11,14-15H,7-9H2,1-6H3/t10-,11+. The van der Waals surface area contributed by atoms with Crippen molar-refractivity contribution in [3.63, 3.8) is 0 Å². The molecule has 92 valence electrons. The Morgan fingerprint density at radius 2 is 1.00 bits per heavy atom. The van der Waals surface area contributed by atoms with Gasteiger partial charge in [0, 0.05) is 0 Å². The SMILES string of the molecule is CC(C)(C)C[C@H](O)C[C@H](O)CC(C)(C)C. The molecule has 0 aliphatic heterocycles. The van der Waals surface area contributed by atoms with E-state index in [9.17, 15) is 10.2 Å². The maximum absolute atomic E-state index is 9.79. The summed E-state index contributed by atoms with van der Waals surface area (Å²) in [7, 11) is 0. The van der Waals surface area contributed by atoms with Gasteiger partial charge in [-0.2, -0.15) is 0 Å². The highest BCUT2D eigenvalue weighted by Crippen LogP contribution is 2.26. The van der Waals surface area contributed by atoms with Gasteiger partial charge in [-0.1, -0.05) is 41.5 Å². The van der Waals surface area contributed by atoms with Crippen LogP contribution in [0.3, 0.4) is 0 Å². The summed E-state index contributed by atoms with van der Waals surface area (Å²) < 4.78 is 0. The van der Waals surface area contributed by atoms with Crippen LogP contribution in [0.5, 0.6) is 0 Å². The van der Waals surface area contributed by atoms with Crippen LogP contribution in [0.2, 0.25) is 0 Å². The van der Waals surface area contributed by atoms with Crippen LogP contribution < -0.4 is 0 Å². The molecule has 0 radical (unpaired) electrons. The first-order chi connectivity index (χ1) is 6.49. The highest BCUT2D eigenvalue weighted by Gasteiger charge is 2.22. The molecule has 0 bridgehead atoms. The quantitative estimate of drug-likeness (QED) is 0.758. The molecule has 0 heterocycles. The molecule has 0 spiro atoms. The van der Waals surface area contributed by atoms with Crippen molar-refractivity contribution in [3.05, 3.63) is 0 Å². The highest BCUT2D eigenvalue weighted by molar-refractivity contribution is 4.74. The Bertz CT molecular complexity index is 154. The van der Waals surface area contributed by atoms with Gasteiger partial charge in [0.1, 0.15) is 0 Å². The third-order valence-electron chi connectivity index (χ3n) is 2.24. The Balaban J connectivity index is 3.92. The van der Waals surface area contributed by atoms with Crippen LogP contribution in [0.15, 0.2) is 0 Å². The fourth-order valence-electron chi connectivity index (χ4n) is 1.89. The lowest BCUT2D eigenvalue weighted by Crippen LogP contribution is -2.26. The molecule has 0 aliphatic rings. The zero-order valence-electron chi connectivity index (χ0n) is 11.2. The van der Waals surface area contributed by atoms with Crippen molar-refractivity contribution in [2.45, 2.75) is 73.0 Å². The zero-order chi connectivity index (χ0) is 12.3. The molecule has 0 aromatic carbocycles.